The number of amides is 3. The molecule has 29 heavy (non-hydrogen) atoms. The van der Waals surface area contributed by atoms with E-state index in [-0.39, 0.29) is 24.3 Å². The van der Waals surface area contributed by atoms with Crippen molar-refractivity contribution in [3.05, 3.63) is 70.1 Å². The predicted molar refractivity (Wildman–Crippen MR) is 113 cm³/mol. The van der Waals surface area contributed by atoms with Crippen LogP contribution in [0.25, 0.3) is 10.1 Å². The first-order valence-corrected chi connectivity index (χ1v) is 10.3. The smallest absolute Gasteiger partial charge is 0.261 e. The van der Waals surface area contributed by atoms with Crippen molar-refractivity contribution in [1.29, 1.82) is 0 Å². The molecule has 6 nitrogen and oxygen atoms in total. The summed E-state index contributed by atoms with van der Waals surface area (Å²) in [4.78, 5) is 38.9. The van der Waals surface area contributed by atoms with Crippen LogP contribution in [0.2, 0.25) is 0 Å². The van der Waals surface area contributed by atoms with Crippen molar-refractivity contribution in [2.24, 2.45) is 0 Å². The van der Waals surface area contributed by atoms with Crippen LogP contribution in [0.1, 0.15) is 31.2 Å². The molecule has 2 heterocycles. The first-order valence-electron chi connectivity index (χ1n) is 9.44. The van der Waals surface area contributed by atoms with Crippen LogP contribution in [0.15, 0.2) is 48.5 Å². The van der Waals surface area contributed by atoms with Crippen LogP contribution >= 0.6 is 11.3 Å². The number of thiophene rings is 1. The third-order valence-electron chi connectivity index (χ3n) is 5.03. The van der Waals surface area contributed by atoms with Crippen molar-refractivity contribution in [3.63, 3.8) is 0 Å². The van der Waals surface area contributed by atoms with Crippen LogP contribution in [0.5, 0.6) is 0 Å². The van der Waals surface area contributed by atoms with Crippen molar-refractivity contribution >= 4 is 39.1 Å². The molecule has 1 aromatic heterocycles. The van der Waals surface area contributed by atoms with Crippen LogP contribution < -0.4 is 10.6 Å². The Kier molecular flexibility index (Phi) is 5.31. The highest BCUT2D eigenvalue weighted by Gasteiger charge is 2.22. The van der Waals surface area contributed by atoms with Crippen LogP contribution in [-0.2, 0) is 11.3 Å². The lowest BCUT2D eigenvalue weighted by atomic mass is 10.1. The summed E-state index contributed by atoms with van der Waals surface area (Å²) in [5.74, 6) is -0.389. The zero-order valence-corrected chi connectivity index (χ0v) is 16.8. The van der Waals surface area contributed by atoms with Crippen molar-refractivity contribution in [2.45, 2.75) is 13.5 Å². The van der Waals surface area contributed by atoms with Gasteiger partial charge in [0.15, 0.2) is 0 Å². The number of hydrogen-bond acceptors (Lipinski definition) is 4. The fraction of sp³-hybridized carbons (Fsp3) is 0.227. The zero-order valence-electron chi connectivity index (χ0n) is 16.0. The molecule has 1 aliphatic heterocycles. The van der Waals surface area contributed by atoms with Crippen LogP contribution in [0.3, 0.4) is 0 Å². The fourth-order valence-electron chi connectivity index (χ4n) is 3.41. The van der Waals surface area contributed by atoms with Gasteiger partial charge in [-0.05, 0) is 41.6 Å². The van der Waals surface area contributed by atoms with Gasteiger partial charge in [0.25, 0.3) is 11.8 Å². The topological polar surface area (TPSA) is 78.5 Å². The molecular weight excluding hydrogens is 386 g/mol. The zero-order chi connectivity index (χ0) is 20.4. The van der Waals surface area contributed by atoms with Gasteiger partial charge in [-0.15, -0.1) is 11.3 Å². The van der Waals surface area contributed by atoms with Gasteiger partial charge in [0, 0.05) is 29.9 Å². The first kappa shape index (κ1) is 19.1. The third kappa shape index (κ3) is 4.00. The summed E-state index contributed by atoms with van der Waals surface area (Å²) >= 11 is 1.49. The normalized spacial score (nSPS) is 14.0. The second-order valence-corrected chi connectivity index (χ2v) is 8.06. The molecule has 0 atom stereocenters. The molecule has 0 saturated carbocycles. The monoisotopic (exact) mass is 407 g/mol. The van der Waals surface area contributed by atoms with Crippen LogP contribution in [0, 0.1) is 6.92 Å². The summed E-state index contributed by atoms with van der Waals surface area (Å²) in [6.07, 6.45) is 0. The minimum absolute atomic E-state index is 0.0885. The highest BCUT2D eigenvalue weighted by atomic mass is 32.1. The molecule has 4 rings (SSSR count). The maximum atomic E-state index is 12.6. The molecule has 2 aromatic carbocycles. The van der Waals surface area contributed by atoms with Crippen molar-refractivity contribution in [2.75, 3.05) is 19.6 Å². The molecule has 0 aliphatic carbocycles. The van der Waals surface area contributed by atoms with E-state index in [2.05, 4.69) is 10.6 Å². The van der Waals surface area contributed by atoms with E-state index < -0.39 is 0 Å². The lowest BCUT2D eigenvalue weighted by molar-refractivity contribution is -0.123. The standard InChI is InChI=1S/C22H21N3O3S/c1-14-17-4-2-3-5-18(17)29-20(14)21(27)24-12-15-6-8-16(9-7-15)22(28)25-11-10-23-19(26)13-25/h2-9H,10-13H2,1H3,(H,23,26)(H,24,27). The average molecular weight is 407 g/mol. The van der Waals surface area contributed by atoms with E-state index in [1.165, 1.54) is 11.3 Å². The summed E-state index contributed by atoms with van der Waals surface area (Å²) in [7, 11) is 0. The van der Waals surface area contributed by atoms with E-state index in [0.29, 0.717) is 25.2 Å². The molecule has 0 radical (unpaired) electrons. The molecule has 148 valence electrons. The Morgan fingerprint density at radius 3 is 2.62 bits per heavy atom. The van der Waals surface area contributed by atoms with Gasteiger partial charge in [-0.1, -0.05) is 30.3 Å². The lowest BCUT2D eigenvalue weighted by Gasteiger charge is -2.26. The molecular formula is C22H21N3O3S. The van der Waals surface area contributed by atoms with Gasteiger partial charge in [0.05, 0.1) is 11.4 Å². The number of nitrogens with one attached hydrogen (secondary N) is 2. The van der Waals surface area contributed by atoms with Crippen molar-refractivity contribution in [3.8, 4) is 0 Å². The van der Waals surface area contributed by atoms with Crippen molar-refractivity contribution < 1.29 is 14.4 Å². The number of rotatable bonds is 4. The molecule has 3 aromatic rings. The Balaban J connectivity index is 1.39. The van der Waals surface area contributed by atoms with E-state index in [4.69, 9.17) is 0 Å². The molecule has 3 amide bonds. The summed E-state index contributed by atoms with van der Waals surface area (Å²) in [6.45, 7) is 3.43. The number of carbonyl (C=O) groups excluding carboxylic acids is 3. The van der Waals surface area contributed by atoms with Crippen molar-refractivity contribution in [1.82, 2.24) is 15.5 Å². The summed E-state index contributed by atoms with van der Waals surface area (Å²) in [5.41, 5.74) is 2.44. The molecule has 0 unspecified atom stereocenters. The summed E-state index contributed by atoms with van der Waals surface area (Å²) < 4.78 is 1.10. The van der Waals surface area contributed by atoms with Gasteiger partial charge >= 0.3 is 0 Å². The Labute approximate surface area is 172 Å². The lowest BCUT2D eigenvalue weighted by Crippen LogP contribution is -2.49. The molecule has 1 aliphatic rings. The summed E-state index contributed by atoms with van der Waals surface area (Å²) in [6, 6.07) is 15.1. The highest BCUT2D eigenvalue weighted by molar-refractivity contribution is 7.21. The Morgan fingerprint density at radius 1 is 1.14 bits per heavy atom. The minimum atomic E-state index is -0.156. The second-order valence-electron chi connectivity index (χ2n) is 7.01. The number of carbonyl (C=O) groups is 3. The Bertz CT molecular complexity index is 1090. The highest BCUT2D eigenvalue weighted by Crippen LogP contribution is 2.30. The Morgan fingerprint density at radius 2 is 1.90 bits per heavy atom. The number of benzene rings is 2. The number of nitrogens with zero attached hydrogens (tertiary/aromatic N) is 1. The van der Waals surface area contributed by atoms with E-state index >= 15 is 0 Å². The summed E-state index contributed by atoms with van der Waals surface area (Å²) in [5, 5.41) is 6.77. The van der Waals surface area contributed by atoms with Gasteiger partial charge in [-0.3, -0.25) is 14.4 Å². The molecule has 7 heteroatoms. The fourth-order valence-corrected chi connectivity index (χ4v) is 4.54. The number of piperazine rings is 1. The largest absolute Gasteiger partial charge is 0.353 e. The minimum Gasteiger partial charge on any atom is -0.353 e. The number of hydrogen-bond donors (Lipinski definition) is 2. The number of aryl methyl sites for hydroxylation is 1. The van der Waals surface area contributed by atoms with Gasteiger partial charge in [0.2, 0.25) is 5.91 Å². The first-order chi connectivity index (χ1) is 14.0. The maximum absolute atomic E-state index is 12.6. The molecule has 2 N–H and O–H groups in total. The maximum Gasteiger partial charge on any atom is 0.261 e. The molecule has 0 bridgehead atoms. The number of fused-ring (bicyclic) bond motifs is 1. The van der Waals surface area contributed by atoms with E-state index in [1.54, 1.807) is 17.0 Å². The molecule has 1 saturated heterocycles. The average Bonchev–Trinajstić information content (AvgIpc) is 3.09. The van der Waals surface area contributed by atoms with E-state index in [9.17, 15) is 14.4 Å². The SMILES string of the molecule is Cc1c(C(=O)NCc2ccc(C(=O)N3CCNC(=O)C3)cc2)sc2ccccc12. The van der Waals surface area contributed by atoms with Gasteiger partial charge < -0.3 is 15.5 Å². The van der Waals surface area contributed by atoms with E-state index in [0.717, 1.165) is 26.1 Å². The quantitative estimate of drug-likeness (QED) is 0.698. The van der Waals surface area contributed by atoms with Crippen LogP contribution in [-0.4, -0.2) is 42.3 Å². The van der Waals surface area contributed by atoms with Gasteiger partial charge in [-0.25, -0.2) is 0 Å². The molecule has 0 spiro atoms. The predicted octanol–water partition coefficient (Wildman–Crippen LogP) is 2.71. The van der Waals surface area contributed by atoms with Gasteiger partial charge in [0.1, 0.15) is 0 Å². The third-order valence-corrected chi connectivity index (χ3v) is 6.30. The van der Waals surface area contributed by atoms with Crippen LogP contribution in [0.4, 0.5) is 0 Å². The van der Waals surface area contributed by atoms with E-state index in [1.807, 2.05) is 43.3 Å². The second kappa shape index (κ2) is 8.05. The molecule has 1 fully saturated rings. The Hall–Kier alpha value is -3.19. The van der Waals surface area contributed by atoms with Gasteiger partial charge in [-0.2, -0.15) is 0 Å².